The highest BCUT2D eigenvalue weighted by Gasteiger charge is 2.51. The van der Waals surface area contributed by atoms with Gasteiger partial charge in [-0.15, -0.1) is 0 Å². The van der Waals surface area contributed by atoms with Gasteiger partial charge in [0.05, 0.1) is 17.1 Å². The number of carboxylic acid groups (broad SMARTS) is 1. The largest absolute Gasteiger partial charge is 0.481 e. The van der Waals surface area contributed by atoms with Gasteiger partial charge in [0, 0.05) is 32.1 Å². The molecule has 2 aliphatic rings. The molecule has 2 heterocycles. The van der Waals surface area contributed by atoms with Crippen LogP contribution in [0.5, 0.6) is 0 Å². The number of nitrogens with zero attached hydrogens (tertiary/aromatic N) is 1. The number of amides is 1. The van der Waals surface area contributed by atoms with Crippen molar-refractivity contribution in [2.45, 2.75) is 37.3 Å². The number of aryl methyl sites for hydroxylation is 1. The first-order valence-electron chi connectivity index (χ1n) is 7.27. The number of aliphatic carboxylic acids is 1. The highest BCUT2D eigenvalue weighted by molar-refractivity contribution is 5.94. The smallest absolute Gasteiger partial charge is 0.306 e. The SMILES string of the molecule is Cn1ccc(C(=O)NC2CCOC3(C2)CC(C(=O)O)C3)c1. The Balaban J connectivity index is 1.57. The standard InChI is InChI=1S/C15H20N2O4/c1-17-4-2-10(9-17)13(18)16-12-3-5-21-15(8-12)6-11(7-15)14(19)20/h2,4,9,11-12H,3,5-8H2,1H3,(H,16,18)(H,19,20). The predicted octanol–water partition coefficient (Wildman–Crippen LogP) is 1.17. The fraction of sp³-hybridized carbons (Fsp3) is 0.600. The van der Waals surface area contributed by atoms with Crippen LogP contribution in [0, 0.1) is 5.92 Å². The highest BCUT2D eigenvalue weighted by atomic mass is 16.5. The monoisotopic (exact) mass is 292 g/mol. The molecule has 2 fully saturated rings. The van der Waals surface area contributed by atoms with Crippen LogP contribution in [0.3, 0.4) is 0 Å². The molecule has 0 radical (unpaired) electrons. The lowest BCUT2D eigenvalue weighted by Gasteiger charge is -2.50. The molecule has 1 unspecified atom stereocenters. The zero-order valence-corrected chi connectivity index (χ0v) is 12.0. The van der Waals surface area contributed by atoms with Gasteiger partial charge in [-0.2, -0.15) is 0 Å². The zero-order valence-electron chi connectivity index (χ0n) is 12.0. The molecule has 1 aromatic rings. The van der Waals surface area contributed by atoms with Gasteiger partial charge in [0.1, 0.15) is 0 Å². The molecular weight excluding hydrogens is 272 g/mol. The van der Waals surface area contributed by atoms with Gasteiger partial charge in [0.25, 0.3) is 5.91 Å². The summed E-state index contributed by atoms with van der Waals surface area (Å²) in [5.41, 5.74) is 0.311. The Hall–Kier alpha value is -1.82. The van der Waals surface area contributed by atoms with Gasteiger partial charge >= 0.3 is 5.97 Å². The maximum atomic E-state index is 12.2. The van der Waals surface area contributed by atoms with Gasteiger partial charge in [0.2, 0.25) is 0 Å². The molecule has 1 atom stereocenters. The normalized spacial score (nSPS) is 31.7. The van der Waals surface area contributed by atoms with E-state index in [2.05, 4.69) is 5.32 Å². The molecule has 0 aromatic carbocycles. The van der Waals surface area contributed by atoms with Crippen LogP contribution >= 0.6 is 0 Å². The van der Waals surface area contributed by atoms with E-state index in [0.29, 0.717) is 31.4 Å². The lowest BCUT2D eigenvalue weighted by molar-refractivity contribution is -0.181. The molecule has 1 aliphatic heterocycles. The summed E-state index contributed by atoms with van der Waals surface area (Å²) in [4.78, 5) is 23.1. The number of nitrogens with one attached hydrogen (secondary N) is 1. The fourth-order valence-corrected chi connectivity index (χ4v) is 3.35. The lowest BCUT2D eigenvalue weighted by atomic mass is 9.66. The Bertz CT molecular complexity index is 560. The fourth-order valence-electron chi connectivity index (χ4n) is 3.35. The Kier molecular flexibility index (Phi) is 3.49. The molecule has 21 heavy (non-hydrogen) atoms. The van der Waals surface area contributed by atoms with Gasteiger partial charge in [-0.25, -0.2) is 0 Å². The molecule has 1 spiro atoms. The Morgan fingerprint density at radius 2 is 2.19 bits per heavy atom. The first kappa shape index (κ1) is 14.1. The first-order chi connectivity index (χ1) is 9.97. The summed E-state index contributed by atoms with van der Waals surface area (Å²) < 4.78 is 7.62. The number of carbonyl (C=O) groups excluding carboxylic acids is 1. The molecule has 1 saturated heterocycles. The maximum Gasteiger partial charge on any atom is 0.306 e. The van der Waals surface area contributed by atoms with Crippen molar-refractivity contribution in [1.82, 2.24) is 9.88 Å². The zero-order chi connectivity index (χ0) is 15.0. The van der Waals surface area contributed by atoms with Crippen LogP contribution in [0.15, 0.2) is 18.5 Å². The third-order valence-electron chi connectivity index (χ3n) is 4.51. The number of rotatable bonds is 3. The van der Waals surface area contributed by atoms with Gasteiger partial charge in [-0.05, 0) is 31.7 Å². The van der Waals surface area contributed by atoms with Crippen molar-refractivity contribution >= 4 is 11.9 Å². The summed E-state index contributed by atoms with van der Waals surface area (Å²) >= 11 is 0. The molecule has 114 valence electrons. The second-order valence-corrected chi connectivity index (χ2v) is 6.20. The average Bonchev–Trinajstić information content (AvgIpc) is 2.82. The van der Waals surface area contributed by atoms with E-state index in [1.165, 1.54) is 0 Å². The number of carbonyl (C=O) groups is 2. The number of hydrogen-bond donors (Lipinski definition) is 2. The number of aromatic nitrogens is 1. The topological polar surface area (TPSA) is 80.6 Å². The molecule has 1 amide bonds. The summed E-state index contributed by atoms with van der Waals surface area (Å²) in [5, 5.41) is 12.0. The molecule has 6 nitrogen and oxygen atoms in total. The van der Waals surface area contributed by atoms with Crippen LogP contribution in [-0.2, 0) is 16.6 Å². The maximum absolute atomic E-state index is 12.2. The van der Waals surface area contributed by atoms with Crippen molar-refractivity contribution in [3.05, 3.63) is 24.0 Å². The molecule has 3 rings (SSSR count). The number of carboxylic acids is 1. The quantitative estimate of drug-likeness (QED) is 0.876. The summed E-state index contributed by atoms with van der Waals surface area (Å²) in [6.45, 7) is 0.575. The second kappa shape index (κ2) is 5.18. The molecule has 1 aromatic heterocycles. The second-order valence-electron chi connectivity index (χ2n) is 6.20. The van der Waals surface area contributed by atoms with Crippen LogP contribution < -0.4 is 5.32 Å². The molecule has 1 saturated carbocycles. The van der Waals surface area contributed by atoms with Gasteiger partial charge in [-0.3, -0.25) is 9.59 Å². The molecule has 2 N–H and O–H groups in total. The Morgan fingerprint density at radius 1 is 1.43 bits per heavy atom. The average molecular weight is 292 g/mol. The summed E-state index contributed by atoms with van der Waals surface area (Å²) in [6.07, 6.45) is 6.21. The van der Waals surface area contributed by atoms with E-state index in [1.807, 2.05) is 17.8 Å². The van der Waals surface area contributed by atoms with E-state index in [4.69, 9.17) is 9.84 Å². The highest BCUT2D eigenvalue weighted by Crippen LogP contribution is 2.46. The van der Waals surface area contributed by atoms with Crippen LogP contribution in [0.25, 0.3) is 0 Å². The van der Waals surface area contributed by atoms with Crippen LogP contribution in [0.4, 0.5) is 0 Å². The van der Waals surface area contributed by atoms with E-state index in [9.17, 15) is 9.59 Å². The van der Waals surface area contributed by atoms with Crippen molar-refractivity contribution in [2.75, 3.05) is 6.61 Å². The minimum absolute atomic E-state index is 0.0567. The van der Waals surface area contributed by atoms with E-state index < -0.39 is 5.97 Å². The van der Waals surface area contributed by atoms with Crippen LogP contribution in [-0.4, -0.2) is 39.8 Å². The van der Waals surface area contributed by atoms with Gasteiger partial charge in [-0.1, -0.05) is 0 Å². The van der Waals surface area contributed by atoms with Crippen molar-refractivity contribution in [3.63, 3.8) is 0 Å². The predicted molar refractivity (Wildman–Crippen MR) is 74.9 cm³/mol. The molecule has 6 heteroatoms. The van der Waals surface area contributed by atoms with Crippen molar-refractivity contribution in [2.24, 2.45) is 13.0 Å². The summed E-state index contributed by atoms with van der Waals surface area (Å²) in [7, 11) is 1.88. The summed E-state index contributed by atoms with van der Waals surface area (Å²) in [6, 6.07) is 1.84. The Morgan fingerprint density at radius 3 is 2.81 bits per heavy atom. The van der Waals surface area contributed by atoms with Crippen molar-refractivity contribution in [3.8, 4) is 0 Å². The minimum Gasteiger partial charge on any atom is -0.481 e. The number of hydrogen-bond acceptors (Lipinski definition) is 3. The van der Waals surface area contributed by atoms with E-state index in [0.717, 1.165) is 6.42 Å². The molecule has 1 aliphatic carbocycles. The minimum atomic E-state index is -0.750. The van der Waals surface area contributed by atoms with Crippen LogP contribution in [0.1, 0.15) is 36.0 Å². The number of ether oxygens (including phenoxy) is 1. The van der Waals surface area contributed by atoms with E-state index in [1.54, 1.807) is 12.3 Å². The lowest BCUT2D eigenvalue weighted by Crippen LogP contribution is -2.56. The van der Waals surface area contributed by atoms with E-state index in [-0.39, 0.29) is 23.5 Å². The first-order valence-corrected chi connectivity index (χ1v) is 7.27. The summed E-state index contributed by atoms with van der Waals surface area (Å²) in [5.74, 6) is -1.12. The van der Waals surface area contributed by atoms with Gasteiger partial charge < -0.3 is 19.7 Å². The van der Waals surface area contributed by atoms with Crippen molar-refractivity contribution < 1.29 is 19.4 Å². The molecular formula is C15H20N2O4. The third kappa shape index (κ3) is 2.81. The Labute approximate surface area is 123 Å². The van der Waals surface area contributed by atoms with Gasteiger partial charge in [0.15, 0.2) is 0 Å². The third-order valence-corrected chi connectivity index (χ3v) is 4.51. The van der Waals surface area contributed by atoms with Crippen molar-refractivity contribution in [1.29, 1.82) is 0 Å². The van der Waals surface area contributed by atoms with Crippen LogP contribution in [0.2, 0.25) is 0 Å². The van der Waals surface area contributed by atoms with E-state index >= 15 is 0 Å². The molecule has 0 bridgehead atoms.